The zero-order valence-corrected chi connectivity index (χ0v) is 6.31. The summed E-state index contributed by atoms with van der Waals surface area (Å²) in [5.74, 6) is 0.568. The van der Waals surface area contributed by atoms with Crippen molar-refractivity contribution in [3.8, 4) is 0 Å². The fourth-order valence-corrected chi connectivity index (χ4v) is 1.59. The lowest BCUT2D eigenvalue weighted by atomic mass is 9.82. The fraction of sp³-hybridized carbons (Fsp3) is 0.875. The normalized spacial score (nSPS) is 20.8. The third-order valence-electron chi connectivity index (χ3n) is 2.26. The first-order valence-electron chi connectivity index (χ1n) is 4.07. The Bertz CT molecular complexity index is 116. The van der Waals surface area contributed by atoms with Gasteiger partial charge in [0.1, 0.15) is 5.78 Å². The Morgan fingerprint density at radius 2 is 1.90 bits per heavy atom. The van der Waals surface area contributed by atoms with Gasteiger partial charge in [-0.05, 0) is 19.2 Å². The van der Waals surface area contributed by atoms with E-state index in [2.05, 4.69) is 0 Å². The van der Waals surface area contributed by atoms with Crippen molar-refractivity contribution in [2.24, 2.45) is 5.92 Å². The highest BCUT2D eigenvalue weighted by Crippen LogP contribution is 2.24. The molecule has 0 unspecified atom stereocenters. The molecule has 0 N–H and O–H groups in total. The summed E-state index contributed by atoms with van der Waals surface area (Å²) < 4.78 is 0. The monoisotopic (exact) mass is 136 g/mol. The lowest BCUT2D eigenvalue weighted by Gasteiger charge is -2.19. The van der Waals surface area contributed by atoms with Crippen LogP contribution in [0.1, 0.15) is 32.1 Å². The molecule has 1 aliphatic rings. The SMILES string of the molecule is [B]CC(=O)C1CCCCC1. The van der Waals surface area contributed by atoms with Crippen LogP contribution in [-0.2, 0) is 4.79 Å². The van der Waals surface area contributed by atoms with Gasteiger partial charge in [-0.2, -0.15) is 0 Å². The van der Waals surface area contributed by atoms with Gasteiger partial charge in [0.25, 0.3) is 0 Å². The molecule has 2 heteroatoms. The third-order valence-corrected chi connectivity index (χ3v) is 2.26. The van der Waals surface area contributed by atoms with Crippen molar-refractivity contribution in [2.75, 3.05) is 0 Å². The van der Waals surface area contributed by atoms with E-state index in [1.165, 1.54) is 19.3 Å². The molecule has 0 aromatic heterocycles. The van der Waals surface area contributed by atoms with Crippen LogP contribution >= 0.6 is 0 Å². The Balaban J connectivity index is 2.31. The molecule has 0 heterocycles. The molecule has 1 rings (SSSR count). The third kappa shape index (κ3) is 1.86. The summed E-state index contributed by atoms with van der Waals surface area (Å²) in [7, 11) is 5.25. The van der Waals surface area contributed by atoms with Gasteiger partial charge in [-0.25, -0.2) is 0 Å². The molecule has 0 atom stereocenters. The molecule has 0 aliphatic heterocycles. The summed E-state index contributed by atoms with van der Waals surface area (Å²) in [5, 5.41) is 0. The quantitative estimate of drug-likeness (QED) is 0.528. The minimum Gasteiger partial charge on any atom is -0.300 e. The maximum absolute atomic E-state index is 11.0. The highest BCUT2D eigenvalue weighted by molar-refractivity contribution is 6.20. The summed E-state index contributed by atoms with van der Waals surface area (Å²) in [4.78, 5) is 11.0. The summed E-state index contributed by atoms with van der Waals surface area (Å²) in [6.45, 7) is 0. The summed E-state index contributed by atoms with van der Waals surface area (Å²) >= 11 is 0. The Hall–Kier alpha value is -0.265. The Labute approximate surface area is 63.6 Å². The lowest BCUT2D eigenvalue weighted by molar-refractivity contribution is -0.121. The van der Waals surface area contributed by atoms with Gasteiger partial charge < -0.3 is 4.79 Å². The summed E-state index contributed by atoms with van der Waals surface area (Å²) in [5.41, 5.74) is 0. The number of carbonyl (C=O) groups excluding carboxylic acids is 1. The van der Waals surface area contributed by atoms with Crippen molar-refractivity contribution in [1.82, 2.24) is 0 Å². The minimum absolute atomic E-state index is 0.241. The van der Waals surface area contributed by atoms with E-state index in [0.29, 0.717) is 5.92 Å². The number of carbonyl (C=O) groups is 1. The van der Waals surface area contributed by atoms with Gasteiger partial charge in [-0.15, -0.1) is 0 Å². The second-order valence-electron chi connectivity index (χ2n) is 3.01. The second kappa shape index (κ2) is 3.79. The van der Waals surface area contributed by atoms with E-state index >= 15 is 0 Å². The van der Waals surface area contributed by atoms with Gasteiger partial charge in [0.15, 0.2) is 0 Å². The van der Waals surface area contributed by atoms with E-state index in [1.807, 2.05) is 0 Å². The van der Waals surface area contributed by atoms with E-state index in [9.17, 15) is 4.79 Å². The topological polar surface area (TPSA) is 17.1 Å². The van der Waals surface area contributed by atoms with Crippen molar-refractivity contribution in [3.63, 3.8) is 0 Å². The van der Waals surface area contributed by atoms with Crippen molar-refractivity contribution in [2.45, 2.75) is 38.4 Å². The molecule has 1 saturated carbocycles. The van der Waals surface area contributed by atoms with Crippen LogP contribution in [0, 0.1) is 5.92 Å². The van der Waals surface area contributed by atoms with Crippen LogP contribution in [0.25, 0.3) is 0 Å². The van der Waals surface area contributed by atoms with Crippen LogP contribution in [-0.4, -0.2) is 13.6 Å². The maximum Gasteiger partial charge on any atom is 0.127 e. The molecule has 0 amide bonds. The Morgan fingerprint density at radius 3 is 2.40 bits per heavy atom. The van der Waals surface area contributed by atoms with Gasteiger partial charge in [0.2, 0.25) is 0 Å². The van der Waals surface area contributed by atoms with Gasteiger partial charge in [0, 0.05) is 5.92 Å². The fourth-order valence-electron chi connectivity index (χ4n) is 1.59. The first kappa shape index (κ1) is 7.84. The molecule has 1 aliphatic carbocycles. The summed E-state index contributed by atoms with van der Waals surface area (Å²) in [6.07, 6.45) is 6.14. The van der Waals surface area contributed by atoms with E-state index in [-0.39, 0.29) is 12.1 Å². The molecule has 10 heavy (non-hydrogen) atoms. The van der Waals surface area contributed by atoms with Crippen LogP contribution in [0.4, 0.5) is 0 Å². The van der Waals surface area contributed by atoms with E-state index < -0.39 is 0 Å². The van der Waals surface area contributed by atoms with Crippen molar-refractivity contribution < 1.29 is 4.79 Å². The second-order valence-corrected chi connectivity index (χ2v) is 3.01. The zero-order valence-electron chi connectivity index (χ0n) is 6.31. The molecule has 0 aromatic carbocycles. The Morgan fingerprint density at radius 1 is 1.30 bits per heavy atom. The van der Waals surface area contributed by atoms with Crippen LogP contribution in [0.15, 0.2) is 0 Å². The van der Waals surface area contributed by atoms with Crippen LogP contribution in [0.3, 0.4) is 0 Å². The molecular formula is C8H13BO. The molecular weight excluding hydrogens is 123 g/mol. The van der Waals surface area contributed by atoms with Crippen LogP contribution in [0.5, 0.6) is 0 Å². The van der Waals surface area contributed by atoms with Crippen LogP contribution in [0.2, 0.25) is 6.32 Å². The number of rotatable bonds is 2. The number of hydrogen-bond acceptors (Lipinski definition) is 1. The zero-order chi connectivity index (χ0) is 7.40. The minimum atomic E-state index is 0.241. The van der Waals surface area contributed by atoms with Crippen molar-refractivity contribution >= 4 is 13.6 Å². The van der Waals surface area contributed by atoms with Gasteiger partial charge >= 0.3 is 0 Å². The smallest absolute Gasteiger partial charge is 0.127 e. The highest BCUT2D eigenvalue weighted by Gasteiger charge is 2.18. The van der Waals surface area contributed by atoms with Gasteiger partial charge in [-0.1, -0.05) is 19.3 Å². The molecule has 0 aromatic rings. The molecule has 1 fully saturated rings. The molecule has 2 radical (unpaired) electrons. The maximum atomic E-state index is 11.0. The average molecular weight is 136 g/mol. The predicted octanol–water partition coefficient (Wildman–Crippen LogP) is 1.72. The van der Waals surface area contributed by atoms with Gasteiger partial charge in [-0.3, -0.25) is 0 Å². The number of Topliss-reactive ketones (excluding diaryl/α,β-unsaturated/α-hetero) is 1. The summed E-state index contributed by atoms with van der Waals surface area (Å²) in [6, 6.07) is 0. The van der Waals surface area contributed by atoms with Crippen molar-refractivity contribution in [1.29, 1.82) is 0 Å². The standard InChI is InChI=1S/C8H13BO/c9-6-8(10)7-4-2-1-3-5-7/h7H,1-6H2. The largest absolute Gasteiger partial charge is 0.300 e. The molecule has 0 spiro atoms. The lowest BCUT2D eigenvalue weighted by Crippen LogP contribution is -2.16. The van der Waals surface area contributed by atoms with Crippen molar-refractivity contribution in [3.05, 3.63) is 0 Å². The number of hydrogen-bond donors (Lipinski definition) is 0. The van der Waals surface area contributed by atoms with E-state index in [0.717, 1.165) is 12.8 Å². The highest BCUT2D eigenvalue weighted by atomic mass is 16.1. The molecule has 1 nitrogen and oxygen atoms in total. The predicted molar refractivity (Wildman–Crippen MR) is 42.1 cm³/mol. The van der Waals surface area contributed by atoms with E-state index in [4.69, 9.17) is 7.85 Å². The van der Waals surface area contributed by atoms with Gasteiger partial charge in [0.05, 0.1) is 7.85 Å². The first-order chi connectivity index (χ1) is 4.84. The average Bonchev–Trinajstić information content (AvgIpc) is 2.05. The molecule has 0 saturated heterocycles. The molecule has 0 bridgehead atoms. The molecule has 54 valence electrons. The van der Waals surface area contributed by atoms with E-state index in [1.54, 1.807) is 0 Å². The van der Waals surface area contributed by atoms with Crippen LogP contribution < -0.4 is 0 Å². The number of ketones is 1. The first-order valence-corrected chi connectivity index (χ1v) is 4.07. The Kier molecular flexibility index (Phi) is 2.97.